The van der Waals surface area contributed by atoms with E-state index >= 15 is 0 Å². The van der Waals surface area contributed by atoms with E-state index in [4.69, 9.17) is 11.6 Å². The molecule has 1 aromatic carbocycles. The van der Waals surface area contributed by atoms with Crippen LogP contribution in [0.3, 0.4) is 0 Å². The first-order chi connectivity index (χ1) is 6.13. The van der Waals surface area contributed by atoms with E-state index in [1.165, 1.54) is 0 Å². The minimum atomic E-state index is 0.231. The van der Waals surface area contributed by atoms with Crippen molar-refractivity contribution in [3.05, 3.63) is 40.3 Å². The van der Waals surface area contributed by atoms with Gasteiger partial charge in [-0.05, 0) is 41.1 Å². The van der Waals surface area contributed by atoms with Crippen LogP contribution in [0.1, 0.15) is 6.92 Å². The van der Waals surface area contributed by atoms with Gasteiger partial charge in [0.15, 0.2) is 0 Å². The molecule has 13 heavy (non-hydrogen) atoms. The van der Waals surface area contributed by atoms with Crippen LogP contribution in [0.5, 0.6) is 0 Å². The first-order valence-electron chi connectivity index (χ1n) is 3.97. The molecule has 1 unspecified atom stereocenters. The molecule has 3 heteroatoms. The third-order valence-electron chi connectivity index (χ3n) is 1.67. The third-order valence-corrected chi connectivity index (χ3v) is 2.59. The molecule has 0 aliphatic heterocycles. The molecule has 1 atom stereocenters. The lowest BCUT2D eigenvalue weighted by molar-refractivity contribution is 1.000. The normalized spacial score (nSPS) is 12.2. The fourth-order valence-electron chi connectivity index (χ4n) is 0.912. The minimum Gasteiger partial charge on any atom is -0.378 e. The van der Waals surface area contributed by atoms with Crippen molar-refractivity contribution in [2.45, 2.75) is 13.0 Å². The second-order valence-electron chi connectivity index (χ2n) is 2.79. The quantitative estimate of drug-likeness (QED) is 0.807. The highest BCUT2D eigenvalue weighted by Gasteiger charge is 2.02. The molecule has 0 saturated heterocycles. The number of anilines is 1. The van der Waals surface area contributed by atoms with E-state index in [2.05, 4.69) is 27.8 Å². The van der Waals surface area contributed by atoms with Gasteiger partial charge in [-0.25, -0.2) is 0 Å². The van der Waals surface area contributed by atoms with Gasteiger partial charge in [0.25, 0.3) is 0 Å². The lowest BCUT2D eigenvalue weighted by Crippen LogP contribution is -2.11. The van der Waals surface area contributed by atoms with Crippen LogP contribution in [0, 0.1) is 0 Å². The minimum absolute atomic E-state index is 0.231. The van der Waals surface area contributed by atoms with Crippen molar-refractivity contribution >= 4 is 33.2 Å². The predicted molar refractivity (Wildman–Crippen MR) is 62.4 cm³/mol. The zero-order valence-electron chi connectivity index (χ0n) is 7.35. The molecule has 0 saturated carbocycles. The highest BCUT2D eigenvalue weighted by Crippen LogP contribution is 2.26. The molecule has 0 fully saturated rings. The van der Waals surface area contributed by atoms with Gasteiger partial charge in [-0.15, -0.1) is 6.58 Å². The van der Waals surface area contributed by atoms with Crippen LogP contribution in [0.4, 0.5) is 5.69 Å². The summed E-state index contributed by atoms with van der Waals surface area (Å²) in [5.41, 5.74) is 0.986. The van der Waals surface area contributed by atoms with E-state index in [1.54, 1.807) is 0 Å². The highest BCUT2D eigenvalue weighted by molar-refractivity contribution is 9.10. The lowest BCUT2D eigenvalue weighted by atomic mass is 10.2. The Morgan fingerprint density at radius 2 is 2.31 bits per heavy atom. The monoisotopic (exact) mass is 259 g/mol. The average molecular weight is 261 g/mol. The maximum Gasteiger partial charge on any atom is 0.0504 e. The number of benzene rings is 1. The number of nitrogens with one attached hydrogen (secondary N) is 1. The zero-order chi connectivity index (χ0) is 9.84. The molecule has 0 aromatic heterocycles. The predicted octanol–water partition coefficient (Wildman–Crippen LogP) is 4.09. The molecule has 0 aliphatic carbocycles. The standard InChI is InChI=1S/C10H11BrClN/c1-3-7(2)13-10-6-8(12)4-5-9(10)11/h3-7,13H,1H2,2H3. The Labute approximate surface area is 91.9 Å². The fraction of sp³-hybridized carbons (Fsp3) is 0.200. The van der Waals surface area contributed by atoms with Crippen molar-refractivity contribution in [2.75, 3.05) is 5.32 Å². The molecular formula is C10H11BrClN. The molecule has 1 aromatic rings. The maximum absolute atomic E-state index is 5.86. The largest absolute Gasteiger partial charge is 0.378 e. The molecule has 0 aliphatic rings. The van der Waals surface area contributed by atoms with E-state index in [1.807, 2.05) is 31.2 Å². The summed E-state index contributed by atoms with van der Waals surface area (Å²) in [5.74, 6) is 0. The summed E-state index contributed by atoms with van der Waals surface area (Å²) in [4.78, 5) is 0. The van der Waals surface area contributed by atoms with Gasteiger partial charge in [-0.1, -0.05) is 17.7 Å². The average Bonchev–Trinajstić information content (AvgIpc) is 2.11. The van der Waals surface area contributed by atoms with Crippen LogP contribution >= 0.6 is 27.5 Å². The van der Waals surface area contributed by atoms with E-state index in [9.17, 15) is 0 Å². The van der Waals surface area contributed by atoms with Gasteiger partial charge in [0.1, 0.15) is 0 Å². The third kappa shape index (κ3) is 3.05. The summed E-state index contributed by atoms with van der Waals surface area (Å²) in [5, 5.41) is 3.98. The Balaban J connectivity index is 2.86. The smallest absolute Gasteiger partial charge is 0.0504 e. The van der Waals surface area contributed by atoms with E-state index in [0.717, 1.165) is 15.2 Å². The van der Waals surface area contributed by atoms with Crippen molar-refractivity contribution in [3.8, 4) is 0 Å². The van der Waals surface area contributed by atoms with Gasteiger partial charge in [0, 0.05) is 15.5 Å². The Kier molecular flexibility index (Phi) is 3.82. The molecule has 1 rings (SSSR count). The summed E-state index contributed by atoms with van der Waals surface area (Å²) >= 11 is 9.29. The van der Waals surface area contributed by atoms with Crippen molar-refractivity contribution in [2.24, 2.45) is 0 Å². The molecule has 70 valence electrons. The van der Waals surface area contributed by atoms with Crippen LogP contribution in [-0.4, -0.2) is 6.04 Å². The second-order valence-corrected chi connectivity index (χ2v) is 4.08. The van der Waals surface area contributed by atoms with Gasteiger partial charge in [0.2, 0.25) is 0 Å². The Hall–Kier alpha value is -0.470. The molecule has 0 heterocycles. The highest BCUT2D eigenvalue weighted by atomic mass is 79.9. The summed E-state index contributed by atoms with van der Waals surface area (Å²) in [7, 11) is 0. The van der Waals surface area contributed by atoms with Crippen LogP contribution in [-0.2, 0) is 0 Å². The summed E-state index contributed by atoms with van der Waals surface area (Å²) in [6.45, 7) is 5.73. The summed E-state index contributed by atoms with van der Waals surface area (Å²) in [6, 6.07) is 5.87. The van der Waals surface area contributed by atoms with Crippen LogP contribution in [0.15, 0.2) is 35.3 Å². The summed E-state index contributed by atoms with van der Waals surface area (Å²) in [6.07, 6.45) is 1.84. The zero-order valence-corrected chi connectivity index (χ0v) is 9.69. The van der Waals surface area contributed by atoms with Gasteiger partial charge in [-0.3, -0.25) is 0 Å². The summed E-state index contributed by atoms with van der Waals surface area (Å²) < 4.78 is 1.01. The molecule has 1 nitrogen and oxygen atoms in total. The number of halogens is 2. The Morgan fingerprint density at radius 3 is 2.92 bits per heavy atom. The van der Waals surface area contributed by atoms with Crippen LogP contribution in [0.2, 0.25) is 5.02 Å². The number of hydrogen-bond donors (Lipinski definition) is 1. The molecule has 1 N–H and O–H groups in total. The topological polar surface area (TPSA) is 12.0 Å². The van der Waals surface area contributed by atoms with Crippen molar-refractivity contribution in [1.29, 1.82) is 0 Å². The molecular weight excluding hydrogens is 249 g/mol. The van der Waals surface area contributed by atoms with Crippen LogP contribution < -0.4 is 5.32 Å². The maximum atomic E-state index is 5.86. The number of rotatable bonds is 3. The van der Waals surface area contributed by atoms with Gasteiger partial charge in [-0.2, -0.15) is 0 Å². The second kappa shape index (κ2) is 4.68. The van der Waals surface area contributed by atoms with E-state index in [-0.39, 0.29) is 6.04 Å². The number of hydrogen-bond acceptors (Lipinski definition) is 1. The van der Waals surface area contributed by atoms with Gasteiger partial charge in [0.05, 0.1) is 5.69 Å². The van der Waals surface area contributed by atoms with Crippen molar-refractivity contribution in [1.82, 2.24) is 0 Å². The lowest BCUT2D eigenvalue weighted by Gasteiger charge is -2.12. The van der Waals surface area contributed by atoms with E-state index in [0.29, 0.717) is 0 Å². The van der Waals surface area contributed by atoms with Gasteiger partial charge < -0.3 is 5.32 Å². The van der Waals surface area contributed by atoms with Crippen molar-refractivity contribution < 1.29 is 0 Å². The first-order valence-corrected chi connectivity index (χ1v) is 5.14. The van der Waals surface area contributed by atoms with Gasteiger partial charge >= 0.3 is 0 Å². The van der Waals surface area contributed by atoms with Crippen molar-refractivity contribution in [3.63, 3.8) is 0 Å². The molecule has 0 bridgehead atoms. The SMILES string of the molecule is C=CC(C)Nc1cc(Cl)ccc1Br. The Bertz CT molecular complexity index is 312. The fourth-order valence-corrected chi connectivity index (χ4v) is 1.45. The molecule has 0 spiro atoms. The molecule has 0 amide bonds. The Morgan fingerprint density at radius 1 is 1.62 bits per heavy atom. The van der Waals surface area contributed by atoms with Crippen LogP contribution in [0.25, 0.3) is 0 Å². The molecule has 0 radical (unpaired) electrons. The first kappa shape index (κ1) is 10.6. The van der Waals surface area contributed by atoms with E-state index < -0.39 is 0 Å².